The van der Waals surface area contributed by atoms with Crippen molar-refractivity contribution in [3.05, 3.63) is 53.5 Å². The number of para-hydroxylation sites is 1. The second kappa shape index (κ2) is 6.19. The Morgan fingerprint density at radius 1 is 1.24 bits per heavy atom. The molecule has 1 aromatic carbocycles. The minimum atomic E-state index is -4.76. The highest BCUT2D eigenvalue weighted by Gasteiger charge is 2.33. The van der Waals surface area contributed by atoms with E-state index in [-0.39, 0.29) is 11.3 Å². The number of nitrogens with one attached hydrogen (secondary N) is 1. The van der Waals surface area contributed by atoms with E-state index in [9.17, 15) is 13.2 Å². The van der Waals surface area contributed by atoms with Crippen molar-refractivity contribution in [3.8, 4) is 5.75 Å². The standard InChI is InChI=1S/C14H15F3N2O2/c1-2-11-10(7-8-20-11)13(19-18)9-5-3-4-6-12(9)21-14(15,16)17/h3-8,13,19H,2,18H2,1H3. The largest absolute Gasteiger partial charge is 0.573 e. The Balaban J connectivity index is 2.43. The molecule has 7 heteroatoms. The van der Waals surface area contributed by atoms with Crippen LogP contribution in [-0.2, 0) is 6.42 Å². The average molecular weight is 300 g/mol. The monoisotopic (exact) mass is 300 g/mol. The van der Waals surface area contributed by atoms with Gasteiger partial charge < -0.3 is 9.15 Å². The van der Waals surface area contributed by atoms with Crippen LogP contribution in [0.4, 0.5) is 13.2 Å². The predicted octanol–water partition coefficient (Wildman–Crippen LogP) is 3.29. The number of rotatable bonds is 5. The van der Waals surface area contributed by atoms with Crippen molar-refractivity contribution in [1.29, 1.82) is 0 Å². The first-order chi connectivity index (χ1) is 9.96. The number of alkyl halides is 3. The molecule has 4 nitrogen and oxygen atoms in total. The number of furan rings is 1. The van der Waals surface area contributed by atoms with Crippen LogP contribution in [0.5, 0.6) is 5.75 Å². The lowest BCUT2D eigenvalue weighted by atomic mass is 9.98. The lowest BCUT2D eigenvalue weighted by Gasteiger charge is -2.20. The van der Waals surface area contributed by atoms with E-state index in [4.69, 9.17) is 10.3 Å². The molecule has 114 valence electrons. The Kier molecular flexibility index (Phi) is 4.54. The Morgan fingerprint density at radius 3 is 2.57 bits per heavy atom. The number of hydrogen-bond acceptors (Lipinski definition) is 4. The van der Waals surface area contributed by atoms with Crippen LogP contribution >= 0.6 is 0 Å². The van der Waals surface area contributed by atoms with Crippen LogP contribution < -0.4 is 16.0 Å². The number of hydrazine groups is 1. The average Bonchev–Trinajstić information content (AvgIpc) is 2.88. The highest BCUT2D eigenvalue weighted by atomic mass is 19.4. The molecular formula is C14H15F3N2O2. The number of ether oxygens (including phenoxy) is 1. The number of nitrogens with two attached hydrogens (primary N) is 1. The van der Waals surface area contributed by atoms with Gasteiger partial charge in [-0.2, -0.15) is 0 Å². The van der Waals surface area contributed by atoms with Gasteiger partial charge in [-0.05, 0) is 12.1 Å². The first-order valence-electron chi connectivity index (χ1n) is 6.33. The van der Waals surface area contributed by atoms with Crippen molar-refractivity contribution in [2.75, 3.05) is 0 Å². The van der Waals surface area contributed by atoms with Gasteiger partial charge in [0, 0.05) is 17.5 Å². The van der Waals surface area contributed by atoms with Crippen LogP contribution in [0.25, 0.3) is 0 Å². The molecule has 0 saturated heterocycles. The molecule has 0 amide bonds. The van der Waals surface area contributed by atoms with Gasteiger partial charge in [-0.15, -0.1) is 13.2 Å². The second-order valence-electron chi connectivity index (χ2n) is 4.34. The fraction of sp³-hybridized carbons (Fsp3) is 0.286. The first kappa shape index (κ1) is 15.4. The molecule has 0 saturated carbocycles. The Hall–Kier alpha value is -1.99. The summed E-state index contributed by atoms with van der Waals surface area (Å²) < 4.78 is 46.8. The van der Waals surface area contributed by atoms with E-state index in [1.54, 1.807) is 12.1 Å². The summed E-state index contributed by atoms with van der Waals surface area (Å²) in [6.07, 6.45) is -2.69. The maximum Gasteiger partial charge on any atom is 0.573 e. The molecule has 0 spiro atoms. The van der Waals surface area contributed by atoms with E-state index in [1.807, 2.05) is 6.92 Å². The Morgan fingerprint density at radius 2 is 1.95 bits per heavy atom. The molecule has 0 fully saturated rings. The SMILES string of the molecule is CCc1occc1C(NN)c1ccccc1OC(F)(F)F. The first-order valence-corrected chi connectivity index (χ1v) is 6.33. The highest BCUT2D eigenvalue weighted by molar-refractivity contribution is 5.42. The van der Waals surface area contributed by atoms with Gasteiger partial charge in [-0.1, -0.05) is 25.1 Å². The number of hydrogen-bond donors (Lipinski definition) is 2. The summed E-state index contributed by atoms with van der Waals surface area (Å²) >= 11 is 0. The Bertz CT molecular complexity index is 596. The van der Waals surface area contributed by atoms with Crippen molar-refractivity contribution >= 4 is 0 Å². The highest BCUT2D eigenvalue weighted by Crippen LogP contribution is 2.34. The van der Waals surface area contributed by atoms with Crippen molar-refractivity contribution in [1.82, 2.24) is 5.43 Å². The molecule has 3 N–H and O–H groups in total. The van der Waals surface area contributed by atoms with E-state index in [0.717, 1.165) is 0 Å². The van der Waals surface area contributed by atoms with E-state index in [1.165, 1.54) is 24.5 Å². The maximum absolute atomic E-state index is 12.5. The molecule has 1 unspecified atom stereocenters. The summed E-state index contributed by atoms with van der Waals surface area (Å²) in [6.45, 7) is 1.88. The molecule has 0 aliphatic heterocycles. The van der Waals surface area contributed by atoms with Gasteiger partial charge >= 0.3 is 6.36 Å². The fourth-order valence-electron chi connectivity index (χ4n) is 2.18. The summed E-state index contributed by atoms with van der Waals surface area (Å²) in [5.41, 5.74) is 3.48. The van der Waals surface area contributed by atoms with Crippen LogP contribution in [0.2, 0.25) is 0 Å². The van der Waals surface area contributed by atoms with Gasteiger partial charge in [0.2, 0.25) is 0 Å². The molecule has 1 heterocycles. The van der Waals surface area contributed by atoms with E-state index in [0.29, 0.717) is 17.7 Å². The predicted molar refractivity (Wildman–Crippen MR) is 70.4 cm³/mol. The van der Waals surface area contributed by atoms with Gasteiger partial charge in [0.15, 0.2) is 0 Å². The summed E-state index contributed by atoms with van der Waals surface area (Å²) in [5, 5.41) is 0. The van der Waals surface area contributed by atoms with Crippen LogP contribution in [0.1, 0.15) is 29.9 Å². The summed E-state index contributed by atoms with van der Waals surface area (Å²) in [5.74, 6) is 5.88. The lowest BCUT2D eigenvalue weighted by molar-refractivity contribution is -0.275. The van der Waals surface area contributed by atoms with Gasteiger partial charge in [0.05, 0.1) is 12.3 Å². The summed E-state index contributed by atoms with van der Waals surface area (Å²) in [7, 11) is 0. The summed E-state index contributed by atoms with van der Waals surface area (Å²) in [4.78, 5) is 0. The van der Waals surface area contributed by atoms with Gasteiger partial charge in [-0.3, -0.25) is 5.84 Å². The van der Waals surface area contributed by atoms with E-state index < -0.39 is 12.4 Å². The molecule has 1 aromatic heterocycles. The molecule has 21 heavy (non-hydrogen) atoms. The third kappa shape index (κ3) is 3.56. The molecule has 2 rings (SSSR count). The zero-order chi connectivity index (χ0) is 15.5. The van der Waals surface area contributed by atoms with Gasteiger partial charge in [0.1, 0.15) is 11.5 Å². The molecule has 1 atom stereocenters. The molecule has 0 aliphatic rings. The molecule has 0 bridgehead atoms. The van der Waals surface area contributed by atoms with Gasteiger partial charge in [0.25, 0.3) is 0 Å². The quantitative estimate of drug-likeness (QED) is 0.657. The van der Waals surface area contributed by atoms with E-state index in [2.05, 4.69) is 10.2 Å². The van der Waals surface area contributed by atoms with Gasteiger partial charge in [-0.25, -0.2) is 5.43 Å². The zero-order valence-corrected chi connectivity index (χ0v) is 11.3. The maximum atomic E-state index is 12.5. The second-order valence-corrected chi connectivity index (χ2v) is 4.34. The Labute approximate surface area is 119 Å². The van der Waals surface area contributed by atoms with Crippen molar-refractivity contribution in [2.45, 2.75) is 25.7 Å². The van der Waals surface area contributed by atoms with Crippen LogP contribution in [0, 0.1) is 0 Å². The molecule has 0 aliphatic carbocycles. The fourth-order valence-corrected chi connectivity index (χ4v) is 2.18. The van der Waals surface area contributed by atoms with Crippen LogP contribution in [-0.4, -0.2) is 6.36 Å². The van der Waals surface area contributed by atoms with Crippen LogP contribution in [0.15, 0.2) is 41.0 Å². The van der Waals surface area contributed by atoms with Crippen molar-refractivity contribution in [3.63, 3.8) is 0 Å². The minimum Gasteiger partial charge on any atom is -0.469 e. The topological polar surface area (TPSA) is 60.4 Å². The molecule has 0 radical (unpaired) electrons. The van der Waals surface area contributed by atoms with Crippen molar-refractivity contribution in [2.24, 2.45) is 5.84 Å². The van der Waals surface area contributed by atoms with Crippen molar-refractivity contribution < 1.29 is 22.3 Å². The molecular weight excluding hydrogens is 285 g/mol. The third-order valence-electron chi connectivity index (χ3n) is 3.03. The smallest absolute Gasteiger partial charge is 0.469 e. The van der Waals surface area contributed by atoms with E-state index >= 15 is 0 Å². The zero-order valence-electron chi connectivity index (χ0n) is 11.3. The minimum absolute atomic E-state index is 0.286. The molecule has 2 aromatic rings. The summed E-state index contributed by atoms with van der Waals surface area (Å²) in [6, 6.07) is 6.88. The third-order valence-corrected chi connectivity index (χ3v) is 3.03. The number of benzene rings is 1. The number of halogens is 3. The lowest BCUT2D eigenvalue weighted by Crippen LogP contribution is -2.30. The van der Waals surface area contributed by atoms with Crippen LogP contribution in [0.3, 0.4) is 0 Å². The number of aryl methyl sites for hydroxylation is 1. The normalized spacial score (nSPS) is 13.2.